The van der Waals surface area contributed by atoms with Gasteiger partial charge < -0.3 is 29.2 Å². The lowest BCUT2D eigenvalue weighted by molar-refractivity contribution is -0.298. The van der Waals surface area contributed by atoms with Crippen molar-refractivity contribution < 1.29 is 38.7 Å². The number of hydrogen-bond donors (Lipinski definition) is 2. The molecule has 3 aliphatic heterocycles. The highest BCUT2D eigenvalue weighted by molar-refractivity contribution is 5.95. The molecule has 3 heterocycles. The Hall–Kier alpha value is -2.00. The first-order valence-electron chi connectivity index (χ1n) is 9.69. The van der Waals surface area contributed by atoms with Gasteiger partial charge in [-0.25, -0.2) is 9.59 Å². The number of aliphatic hydroxyl groups is 2. The molecule has 0 aromatic carbocycles. The molecule has 29 heavy (non-hydrogen) atoms. The fourth-order valence-corrected chi connectivity index (χ4v) is 3.89. The summed E-state index contributed by atoms with van der Waals surface area (Å²) in [5.74, 6) is -2.95. The van der Waals surface area contributed by atoms with E-state index in [0.717, 1.165) is 0 Å². The topological polar surface area (TPSA) is 112 Å². The average molecular weight is 408 g/mol. The Kier molecular flexibility index (Phi) is 5.51. The molecule has 0 aliphatic carbocycles. The van der Waals surface area contributed by atoms with Gasteiger partial charge in [0.05, 0.1) is 17.8 Å². The number of rotatable bonds is 5. The molecule has 1 fully saturated rings. The quantitative estimate of drug-likeness (QED) is 0.522. The highest BCUT2D eigenvalue weighted by atomic mass is 16.7. The van der Waals surface area contributed by atoms with E-state index in [1.54, 1.807) is 19.9 Å². The predicted molar refractivity (Wildman–Crippen MR) is 101 cm³/mol. The van der Waals surface area contributed by atoms with Crippen molar-refractivity contribution in [1.82, 2.24) is 0 Å². The van der Waals surface area contributed by atoms with E-state index in [9.17, 15) is 19.8 Å². The van der Waals surface area contributed by atoms with Gasteiger partial charge in [0, 0.05) is 30.6 Å². The van der Waals surface area contributed by atoms with Gasteiger partial charge in [0.2, 0.25) is 0 Å². The Balaban J connectivity index is 2.17. The Labute approximate surface area is 169 Å². The molecule has 4 unspecified atom stereocenters. The fraction of sp³-hybridized carbons (Fsp3) is 0.619. The molecule has 0 aromatic rings. The van der Waals surface area contributed by atoms with Crippen LogP contribution in [-0.4, -0.2) is 58.5 Å². The van der Waals surface area contributed by atoms with Crippen LogP contribution < -0.4 is 0 Å². The van der Waals surface area contributed by atoms with Crippen LogP contribution in [0.3, 0.4) is 0 Å². The zero-order valence-corrected chi connectivity index (χ0v) is 17.2. The molecule has 3 rings (SSSR count). The molecule has 0 spiro atoms. The summed E-state index contributed by atoms with van der Waals surface area (Å²) in [6.45, 7) is 10.4. The SMILES string of the molecule is C=C(C)C(=O)OC1CC(C)(O)C2(O)CCC(C)(/C=C3\OC(=O)C(COCC)=C31)O2. The fourth-order valence-electron chi connectivity index (χ4n) is 3.89. The van der Waals surface area contributed by atoms with E-state index >= 15 is 0 Å². The van der Waals surface area contributed by atoms with E-state index in [1.165, 1.54) is 13.8 Å². The summed E-state index contributed by atoms with van der Waals surface area (Å²) in [4.78, 5) is 24.8. The minimum atomic E-state index is -1.85. The number of ether oxygens (including phenoxy) is 4. The second kappa shape index (κ2) is 7.36. The van der Waals surface area contributed by atoms with E-state index in [1.807, 2.05) is 0 Å². The Morgan fingerprint density at radius 2 is 2.03 bits per heavy atom. The molecule has 8 heteroatoms. The minimum Gasteiger partial charge on any atom is -0.454 e. The van der Waals surface area contributed by atoms with Crippen LogP contribution in [0.4, 0.5) is 0 Å². The van der Waals surface area contributed by atoms with Gasteiger partial charge in [-0.05, 0) is 40.2 Å². The Morgan fingerprint density at radius 3 is 2.66 bits per heavy atom. The molecule has 0 radical (unpaired) electrons. The molecule has 8 nitrogen and oxygen atoms in total. The molecule has 0 saturated carbocycles. The van der Waals surface area contributed by atoms with E-state index < -0.39 is 35.0 Å². The number of carbonyl (C=O) groups excluding carboxylic acids is 2. The summed E-state index contributed by atoms with van der Waals surface area (Å²) in [6, 6.07) is 0. The van der Waals surface area contributed by atoms with Crippen LogP contribution >= 0.6 is 0 Å². The van der Waals surface area contributed by atoms with Gasteiger partial charge >= 0.3 is 11.9 Å². The van der Waals surface area contributed by atoms with E-state index in [2.05, 4.69) is 6.58 Å². The van der Waals surface area contributed by atoms with Gasteiger partial charge in [0.1, 0.15) is 17.5 Å². The van der Waals surface area contributed by atoms with Crippen molar-refractivity contribution in [3.63, 3.8) is 0 Å². The third kappa shape index (κ3) is 3.90. The van der Waals surface area contributed by atoms with Crippen molar-refractivity contribution >= 4 is 11.9 Å². The average Bonchev–Trinajstić information content (AvgIpc) is 3.09. The van der Waals surface area contributed by atoms with Crippen molar-refractivity contribution in [3.8, 4) is 0 Å². The van der Waals surface area contributed by atoms with Crippen LogP contribution in [0.2, 0.25) is 0 Å². The molecular weight excluding hydrogens is 380 g/mol. The van der Waals surface area contributed by atoms with Crippen molar-refractivity contribution in [2.45, 2.75) is 70.1 Å². The van der Waals surface area contributed by atoms with Gasteiger partial charge in [0.15, 0.2) is 5.79 Å². The Bertz CT molecular complexity index is 807. The van der Waals surface area contributed by atoms with Gasteiger partial charge in [-0.1, -0.05) is 6.58 Å². The summed E-state index contributed by atoms with van der Waals surface area (Å²) in [5.41, 5.74) is -2.06. The molecule has 2 N–H and O–H groups in total. The molecule has 2 bridgehead atoms. The molecule has 160 valence electrons. The lowest BCUT2D eigenvalue weighted by Crippen LogP contribution is -2.54. The summed E-state index contributed by atoms with van der Waals surface area (Å²) in [5, 5.41) is 22.2. The van der Waals surface area contributed by atoms with Crippen LogP contribution in [0.1, 0.15) is 47.0 Å². The number of fused-ring (bicyclic) bond motifs is 3. The number of hydrogen-bond acceptors (Lipinski definition) is 8. The van der Waals surface area contributed by atoms with Crippen molar-refractivity contribution in [3.05, 3.63) is 35.1 Å². The second-order valence-corrected chi connectivity index (χ2v) is 8.28. The van der Waals surface area contributed by atoms with Crippen molar-refractivity contribution in [1.29, 1.82) is 0 Å². The molecule has 0 aromatic heterocycles. The van der Waals surface area contributed by atoms with E-state index in [0.29, 0.717) is 18.6 Å². The maximum absolute atomic E-state index is 12.5. The van der Waals surface area contributed by atoms with Gasteiger partial charge in [-0.2, -0.15) is 0 Å². The highest BCUT2D eigenvalue weighted by Crippen LogP contribution is 2.49. The minimum absolute atomic E-state index is 0.0346. The lowest BCUT2D eigenvalue weighted by Gasteiger charge is -2.40. The first-order chi connectivity index (χ1) is 13.4. The molecule has 4 atom stereocenters. The van der Waals surface area contributed by atoms with Gasteiger partial charge in [-0.15, -0.1) is 0 Å². The predicted octanol–water partition coefficient (Wildman–Crippen LogP) is 1.66. The molecule has 1 saturated heterocycles. The summed E-state index contributed by atoms with van der Waals surface area (Å²) in [7, 11) is 0. The molecule has 0 amide bonds. The number of carbonyl (C=O) groups is 2. The third-order valence-electron chi connectivity index (χ3n) is 5.63. The summed E-state index contributed by atoms with van der Waals surface area (Å²) >= 11 is 0. The van der Waals surface area contributed by atoms with Gasteiger partial charge in [-0.3, -0.25) is 0 Å². The summed E-state index contributed by atoms with van der Waals surface area (Å²) in [6.07, 6.45) is 0.890. The highest BCUT2D eigenvalue weighted by Gasteiger charge is 2.58. The van der Waals surface area contributed by atoms with Crippen LogP contribution in [0.25, 0.3) is 0 Å². The van der Waals surface area contributed by atoms with Crippen LogP contribution in [0.5, 0.6) is 0 Å². The van der Waals surface area contributed by atoms with Crippen molar-refractivity contribution in [2.75, 3.05) is 13.2 Å². The lowest BCUT2D eigenvalue weighted by atomic mass is 9.82. The zero-order valence-electron chi connectivity index (χ0n) is 17.2. The normalized spacial score (nSPS) is 38.3. The smallest absolute Gasteiger partial charge is 0.342 e. The van der Waals surface area contributed by atoms with Crippen LogP contribution in [-0.2, 0) is 28.5 Å². The largest absolute Gasteiger partial charge is 0.454 e. The van der Waals surface area contributed by atoms with Gasteiger partial charge in [0.25, 0.3) is 0 Å². The first kappa shape index (κ1) is 21.7. The maximum Gasteiger partial charge on any atom is 0.342 e. The standard InChI is InChI=1S/C21H28O8/c1-6-26-11-13-16-14(28-18(13)23)9-19(4)7-8-21(25,29-19)20(5,24)10-15(16)27-17(22)12(2)3/h9,15,24-25H,2,6-8,10-11H2,1,3-5H3/b14-9-. The van der Waals surface area contributed by atoms with E-state index in [-0.39, 0.29) is 36.4 Å². The molecule has 3 aliphatic rings. The third-order valence-corrected chi connectivity index (χ3v) is 5.63. The number of esters is 2. The van der Waals surface area contributed by atoms with Crippen molar-refractivity contribution in [2.24, 2.45) is 0 Å². The Morgan fingerprint density at radius 1 is 1.34 bits per heavy atom. The van der Waals surface area contributed by atoms with Crippen LogP contribution in [0, 0.1) is 0 Å². The second-order valence-electron chi connectivity index (χ2n) is 8.28. The summed E-state index contributed by atoms with van der Waals surface area (Å²) < 4.78 is 22.3. The van der Waals surface area contributed by atoms with Crippen LogP contribution in [0.15, 0.2) is 35.1 Å². The maximum atomic E-state index is 12.5. The monoisotopic (exact) mass is 408 g/mol. The first-order valence-corrected chi connectivity index (χ1v) is 9.69. The zero-order chi connectivity index (χ0) is 21.6. The van der Waals surface area contributed by atoms with E-state index in [4.69, 9.17) is 18.9 Å². The molecular formula is C21H28O8.